The van der Waals surface area contributed by atoms with Crippen LogP contribution < -0.4 is 5.32 Å². The van der Waals surface area contributed by atoms with E-state index in [1.54, 1.807) is 0 Å². The second-order valence-electron chi connectivity index (χ2n) is 3.91. The first-order valence-corrected chi connectivity index (χ1v) is 5.37. The Kier molecular flexibility index (Phi) is 4.91. The van der Waals surface area contributed by atoms with Crippen molar-refractivity contribution >= 4 is 11.9 Å². The largest absolute Gasteiger partial charge is 0.469 e. The van der Waals surface area contributed by atoms with Crippen LogP contribution in [0.4, 0.5) is 13.2 Å². The molecule has 104 valence electrons. The van der Waals surface area contributed by atoms with Crippen LogP contribution in [0.15, 0.2) is 12.1 Å². The number of methoxy groups -OCH3 is 1. The van der Waals surface area contributed by atoms with Gasteiger partial charge in [-0.3, -0.25) is 9.59 Å². The lowest BCUT2D eigenvalue weighted by molar-refractivity contribution is -0.141. The van der Waals surface area contributed by atoms with Gasteiger partial charge in [0.15, 0.2) is 17.5 Å². The second-order valence-corrected chi connectivity index (χ2v) is 3.91. The average molecular weight is 275 g/mol. The molecule has 1 aromatic rings. The van der Waals surface area contributed by atoms with Crippen molar-refractivity contribution in [2.75, 3.05) is 7.11 Å². The average Bonchev–Trinajstić information content (AvgIpc) is 2.34. The first kappa shape index (κ1) is 15.0. The molecule has 1 N–H and O–H groups in total. The van der Waals surface area contributed by atoms with Crippen molar-refractivity contribution in [3.63, 3.8) is 0 Å². The number of hydrogen-bond acceptors (Lipinski definition) is 3. The summed E-state index contributed by atoms with van der Waals surface area (Å²) < 4.78 is 43.0. The highest BCUT2D eigenvalue weighted by molar-refractivity contribution is 5.94. The minimum Gasteiger partial charge on any atom is -0.469 e. The Bertz CT molecular complexity index is 482. The van der Waals surface area contributed by atoms with Crippen LogP contribution in [0.3, 0.4) is 0 Å². The van der Waals surface area contributed by atoms with Gasteiger partial charge in [0.1, 0.15) is 0 Å². The highest BCUT2D eigenvalue weighted by Gasteiger charge is 2.17. The fraction of sp³-hybridized carbons (Fsp3) is 0.333. The number of benzene rings is 1. The number of esters is 1. The van der Waals surface area contributed by atoms with Crippen molar-refractivity contribution in [3.05, 3.63) is 35.1 Å². The SMILES string of the molecule is COC(=O)CC(C)NC(=O)c1cc(F)c(F)c(F)c1. The van der Waals surface area contributed by atoms with Crippen LogP contribution in [0.25, 0.3) is 0 Å². The van der Waals surface area contributed by atoms with E-state index in [1.165, 1.54) is 14.0 Å². The molecule has 0 aromatic heterocycles. The normalized spacial score (nSPS) is 11.8. The summed E-state index contributed by atoms with van der Waals surface area (Å²) in [6, 6.07) is 0.577. The van der Waals surface area contributed by atoms with E-state index < -0.39 is 35.4 Å². The lowest BCUT2D eigenvalue weighted by Crippen LogP contribution is -2.34. The van der Waals surface area contributed by atoms with E-state index >= 15 is 0 Å². The smallest absolute Gasteiger partial charge is 0.307 e. The molecule has 1 atom stereocenters. The Morgan fingerprint density at radius 3 is 2.26 bits per heavy atom. The van der Waals surface area contributed by atoms with Gasteiger partial charge in [0.05, 0.1) is 13.5 Å². The van der Waals surface area contributed by atoms with Gasteiger partial charge in [0.2, 0.25) is 0 Å². The molecule has 1 unspecified atom stereocenters. The molecular formula is C12H12F3NO3. The number of hydrogen-bond donors (Lipinski definition) is 1. The number of halogens is 3. The Hall–Kier alpha value is -2.05. The topological polar surface area (TPSA) is 55.4 Å². The van der Waals surface area contributed by atoms with Crippen molar-refractivity contribution in [2.45, 2.75) is 19.4 Å². The van der Waals surface area contributed by atoms with Gasteiger partial charge in [-0.1, -0.05) is 0 Å². The van der Waals surface area contributed by atoms with Gasteiger partial charge in [-0.05, 0) is 19.1 Å². The summed E-state index contributed by atoms with van der Waals surface area (Å²) in [5.74, 6) is -5.89. The van der Waals surface area contributed by atoms with Crippen molar-refractivity contribution in [1.29, 1.82) is 0 Å². The van der Waals surface area contributed by atoms with Gasteiger partial charge in [-0.25, -0.2) is 13.2 Å². The van der Waals surface area contributed by atoms with E-state index in [0.717, 1.165) is 0 Å². The number of rotatable bonds is 4. The molecule has 4 nitrogen and oxygen atoms in total. The summed E-state index contributed by atoms with van der Waals surface area (Å²) in [4.78, 5) is 22.6. The molecule has 0 saturated carbocycles. The second kappa shape index (κ2) is 6.21. The highest BCUT2D eigenvalue weighted by atomic mass is 19.2. The first-order valence-electron chi connectivity index (χ1n) is 5.37. The fourth-order valence-corrected chi connectivity index (χ4v) is 1.38. The number of nitrogens with one attached hydrogen (secondary N) is 1. The van der Waals surface area contributed by atoms with E-state index in [1.807, 2.05) is 0 Å². The number of carbonyl (C=O) groups is 2. The molecule has 0 heterocycles. The summed E-state index contributed by atoms with van der Waals surface area (Å²) >= 11 is 0. The molecule has 0 aliphatic heterocycles. The Morgan fingerprint density at radius 2 is 1.79 bits per heavy atom. The molecule has 0 bridgehead atoms. The van der Waals surface area contributed by atoms with Crippen LogP contribution in [0.1, 0.15) is 23.7 Å². The molecule has 0 aliphatic rings. The van der Waals surface area contributed by atoms with Gasteiger partial charge >= 0.3 is 5.97 Å². The van der Waals surface area contributed by atoms with Crippen LogP contribution in [0.5, 0.6) is 0 Å². The van der Waals surface area contributed by atoms with Crippen LogP contribution in [0, 0.1) is 17.5 Å². The van der Waals surface area contributed by atoms with Crippen molar-refractivity contribution in [2.24, 2.45) is 0 Å². The zero-order valence-corrected chi connectivity index (χ0v) is 10.3. The van der Waals surface area contributed by atoms with Crippen LogP contribution in [0.2, 0.25) is 0 Å². The molecule has 0 aliphatic carbocycles. The summed E-state index contributed by atoms with van der Waals surface area (Å²) in [7, 11) is 1.20. The Morgan fingerprint density at radius 1 is 1.26 bits per heavy atom. The standard InChI is InChI=1S/C12H12F3NO3/c1-6(3-10(17)19-2)16-12(18)7-4-8(13)11(15)9(14)5-7/h4-6H,3H2,1-2H3,(H,16,18). The van der Waals surface area contributed by atoms with E-state index in [2.05, 4.69) is 10.1 Å². The third kappa shape index (κ3) is 3.97. The predicted molar refractivity (Wildman–Crippen MR) is 59.9 cm³/mol. The van der Waals surface area contributed by atoms with Gasteiger partial charge in [0.25, 0.3) is 5.91 Å². The zero-order valence-electron chi connectivity index (χ0n) is 10.3. The van der Waals surface area contributed by atoms with Gasteiger partial charge in [-0.15, -0.1) is 0 Å². The molecule has 1 amide bonds. The molecule has 0 spiro atoms. The first-order chi connectivity index (χ1) is 8.85. The predicted octanol–water partition coefficient (Wildman–Crippen LogP) is 1.79. The number of amides is 1. The molecule has 0 fully saturated rings. The van der Waals surface area contributed by atoms with Crippen LogP contribution in [-0.2, 0) is 9.53 Å². The molecule has 0 saturated heterocycles. The van der Waals surface area contributed by atoms with E-state index in [9.17, 15) is 22.8 Å². The van der Waals surface area contributed by atoms with Crippen LogP contribution in [-0.4, -0.2) is 25.0 Å². The molecule has 1 rings (SSSR count). The van der Waals surface area contributed by atoms with Gasteiger partial charge < -0.3 is 10.1 Å². The highest BCUT2D eigenvalue weighted by Crippen LogP contribution is 2.13. The van der Waals surface area contributed by atoms with Gasteiger partial charge in [-0.2, -0.15) is 0 Å². The molecule has 1 aromatic carbocycles. The van der Waals surface area contributed by atoms with Crippen LogP contribution >= 0.6 is 0 Å². The molecular weight excluding hydrogens is 263 g/mol. The fourth-order valence-electron chi connectivity index (χ4n) is 1.38. The minimum atomic E-state index is -1.64. The van der Waals surface area contributed by atoms with E-state index in [4.69, 9.17) is 0 Å². The Balaban J connectivity index is 2.76. The molecule has 0 radical (unpaired) electrons. The van der Waals surface area contributed by atoms with Gasteiger partial charge in [0, 0.05) is 11.6 Å². The third-order valence-corrected chi connectivity index (χ3v) is 2.32. The maximum Gasteiger partial charge on any atom is 0.307 e. The van der Waals surface area contributed by atoms with E-state index in [0.29, 0.717) is 12.1 Å². The third-order valence-electron chi connectivity index (χ3n) is 2.32. The number of carbonyl (C=O) groups excluding carboxylic acids is 2. The maximum absolute atomic E-state index is 12.9. The van der Waals surface area contributed by atoms with Crippen molar-refractivity contribution in [1.82, 2.24) is 5.32 Å². The van der Waals surface area contributed by atoms with Crippen molar-refractivity contribution in [3.8, 4) is 0 Å². The summed E-state index contributed by atoms with van der Waals surface area (Å²) in [5, 5.41) is 2.34. The quantitative estimate of drug-likeness (QED) is 0.673. The van der Waals surface area contributed by atoms with Crippen molar-refractivity contribution < 1.29 is 27.5 Å². The number of ether oxygens (including phenoxy) is 1. The summed E-state index contributed by atoms with van der Waals surface area (Å²) in [5.41, 5.74) is -0.367. The molecule has 19 heavy (non-hydrogen) atoms. The maximum atomic E-state index is 12.9. The summed E-state index contributed by atoms with van der Waals surface area (Å²) in [6.45, 7) is 1.52. The lowest BCUT2D eigenvalue weighted by Gasteiger charge is -2.12. The monoisotopic (exact) mass is 275 g/mol. The lowest BCUT2D eigenvalue weighted by atomic mass is 10.1. The Labute approximate surface area is 107 Å². The molecule has 7 heteroatoms. The van der Waals surface area contributed by atoms with E-state index in [-0.39, 0.29) is 12.0 Å². The minimum absolute atomic E-state index is 0.0889. The zero-order chi connectivity index (χ0) is 14.6. The summed E-state index contributed by atoms with van der Waals surface area (Å²) in [6.07, 6.45) is -0.0889.